The van der Waals surface area contributed by atoms with Crippen molar-refractivity contribution in [2.45, 2.75) is 19.8 Å². The minimum atomic E-state index is 0.158. The van der Waals surface area contributed by atoms with E-state index in [-0.39, 0.29) is 5.92 Å². The molecule has 0 saturated heterocycles. The fraction of sp³-hybridized carbons (Fsp3) is 0.417. The maximum absolute atomic E-state index is 5.89. The van der Waals surface area contributed by atoms with E-state index in [9.17, 15) is 0 Å². The summed E-state index contributed by atoms with van der Waals surface area (Å²) < 4.78 is 5.69. The normalized spacial score (nSPS) is 13.6. The summed E-state index contributed by atoms with van der Waals surface area (Å²) in [6.07, 6.45) is 0. The number of oxazole rings is 1. The molecule has 86 valence electrons. The lowest BCUT2D eigenvalue weighted by molar-refractivity contribution is 0.400. The van der Waals surface area contributed by atoms with Crippen molar-refractivity contribution in [2.24, 2.45) is 11.7 Å². The summed E-state index contributed by atoms with van der Waals surface area (Å²) in [5.74, 6) is 1.27. The van der Waals surface area contributed by atoms with E-state index in [1.165, 1.54) is 0 Å². The van der Waals surface area contributed by atoms with Crippen LogP contribution < -0.4 is 5.73 Å². The summed E-state index contributed by atoms with van der Waals surface area (Å²) in [6, 6.07) is 5.45. The fourth-order valence-corrected chi connectivity index (χ4v) is 1.90. The second-order valence-corrected chi connectivity index (χ2v) is 4.69. The third kappa shape index (κ3) is 2.06. The molecule has 0 bridgehead atoms. The van der Waals surface area contributed by atoms with Gasteiger partial charge in [0.2, 0.25) is 0 Å². The Bertz CT molecular complexity index is 493. The van der Waals surface area contributed by atoms with Crippen molar-refractivity contribution in [3.63, 3.8) is 0 Å². The minimum Gasteiger partial charge on any atom is -0.440 e. The molecule has 0 saturated carbocycles. The molecule has 3 nitrogen and oxygen atoms in total. The lowest BCUT2D eigenvalue weighted by atomic mass is 9.96. The molecular weight excluding hydrogens is 224 g/mol. The fourth-order valence-electron chi connectivity index (χ4n) is 1.73. The third-order valence-electron chi connectivity index (χ3n) is 2.74. The molecule has 2 rings (SSSR count). The summed E-state index contributed by atoms with van der Waals surface area (Å²) in [4.78, 5) is 4.44. The van der Waals surface area contributed by atoms with Gasteiger partial charge in [0, 0.05) is 17.6 Å². The van der Waals surface area contributed by atoms with E-state index in [0.717, 1.165) is 11.1 Å². The van der Waals surface area contributed by atoms with Crippen molar-refractivity contribution in [3.05, 3.63) is 29.1 Å². The summed E-state index contributed by atoms with van der Waals surface area (Å²) in [7, 11) is 0. The van der Waals surface area contributed by atoms with Crippen LogP contribution in [0.1, 0.15) is 25.7 Å². The van der Waals surface area contributed by atoms with E-state index in [1.54, 1.807) is 6.07 Å². The van der Waals surface area contributed by atoms with Crippen molar-refractivity contribution < 1.29 is 4.42 Å². The molecule has 1 atom stereocenters. The number of benzene rings is 1. The first kappa shape index (κ1) is 11.4. The monoisotopic (exact) mass is 238 g/mol. The van der Waals surface area contributed by atoms with Gasteiger partial charge in [0.25, 0.3) is 0 Å². The van der Waals surface area contributed by atoms with Crippen LogP contribution >= 0.6 is 11.6 Å². The number of nitrogens with zero attached hydrogens (tertiary/aromatic N) is 1. The summed E-state index contributed by atoms with van der Waals surface area (Å²) in [6.45, 7) is 4.76. The second-order valence-electron chi connectivity index (χ2n) is 4.25. The zero-order chi connectivity index (χ0) is 11.7. The molecule has 0 fully saturated rings. The number of nitrogens with two attached hydrogens (primary N) is 1. The van der Waals surface area contributed by atoms with Gasteiger partial charge in [0.1, 0.15) is 5.52 Å². The van der Waals surface area contributed by atoms with Gasteiger partial charge < -0.3 is 10.2 Å². The van der Waals surface area contributed by atoms with Crippen LogP contribution in [0.25, 0.3) is 11.1 Å². The van der Waals surface area contributed by atoms with Crippen molar-refractivity contribution in [3.8, 4) is 0 Å². The second kappa shape index (κ2) is 4.44. The van der Waals surface area contributed by atoms with Crippen LogP contribution in [-0.2, 0) is 0 Å². The number of hydrogen-bond donors (Lipinski definition) is 1. The van der Waals surface area contributed by atoms with Crippen LogP contribution in [0.2, 0.25) is 5.02 Å². The highest BCUT2D eigenvalue weighted by Gasteiger charge is 2.20. The summed E-state index contributed by atoms with van der Waals surface area (Å²) >= 11 is 5.89. The standard InChI is InChI=1S/C12H15ClN2O/c1-7(2)9(6-14)12-15-10-4-3-8(13)5-11(10)16-12/h3-5,7,9H,6,14H2,1-2H3. The molecule has 1 heterocycles. The molecule has 0 radical (unpaired) electrons. The SMILES string of the molecule is CC(C)C(CN)c1nc2ccc(Cl)cc2o1. The molecule has 2 aromatic rings. The molecule has 0 aliphatic rings. The molecule has 1 aromatic heterocycles. The van der Waals surface area contributed by atoms with E-state index in [2.05, 4.69) is 18.8 Å². The Morgan fingerprint density at radius 1 is 1.44 bits per heavy atom. The first-order valence-corrected chi connectivity index (χ1v) is 5.75. The number of halogens is 1. The van der Waals surface area contributed by atoms with Gasteiger partial charge in [-0.15, -0.1) is 0 Å². The summed E-state index contributed by atoms with van der Waals surface area (Å²) in [5, 5.41) is 0.657. The molecule has 1 aromatic carbocycles. The van der Waals surface area contributed by atoms with Gasteiger partial charge in [0.15, 0.2) is 11.5 Å². The minimum absolute atomic E-state index is 0.158. The first-order valence-electron chi connectivity index (χ1n) is 5.38. The number of rotatable bonds is 3. The average Bonchev–Trinajstić information content (AvgIpc) is 2.60. The molecule has 4 heteroatoms. The first-order chi connectivity index (χ1) is 7.61. The smallest absolute Gasteiger partial charge is 0.200 e. The van der Waals surface area contributed by atoms with Crippen LogP contribution in [0.15, 0.2) is 22.6 Å². The Labute approximate surface area is 99.6 Å². The topological polar surface area (TPSA) is 52.0 Å². The zero-order valence-corrected chi connectivity index (χ0v) is 10.2. The van der Waals surface area contributed by atoms with Crippen LogP contribution in [0.5, 0.6) is 0 Å². The van der Waals surface area contributed by atoms with Gasteiger partial charge in [-0.1, -0.05) is 25.4 Å². The van der Waals surface area contributed by atoms with Crippen LogP contribution in [0.3, 0.4) is 0 Å². The maximum Gasteiger partial charge on any atom is 0.200 e. The Balaban J connectivity index is 2.45. The Kier molecular flexibility index (Phi) is 3.17. The molecule has 0 spiro atoms. The Morgan fingerprint density at radius 2 is 2.19 bits per heavy atom. The van der Waals surface area contributed by atoms with Gasteiger partial charge in [0.05, 0.1) is 5.92 Å². The Morgan fingerprint density at radius 3 is 2.81 bits per heavy atom. The van der Waals surface area contributed by atoms with Gasteiger partial charge in [-0.05, 0) is 18.1 Å². The van der Waals surface area contributed by atoms with Crippen molar-refractivity contribution >= 4 is 22.7 Å². The molecule has 0 aliphatic heterocycles. The van der Waals surface area contributed by atoms with Crippen LogP contribution in [-0.4, -0.2) is 11.5 Å². The van der Waals surface area contributed by atoms with Crippen LogP contribution in [0, 0.1) is 5.92 Å². The highest BCUT2D eigenvalue weighted by Crippen LogP contribution is 2.27. The highest BCUT2D eigenvalue weighted by molar-refractivity contribution is 6.31. The predicted octanol–water partition coefficient (Wildman–Crippen LogP) is 3.18. The lowest BCUT2D eigenvalue weighted by Gasteiger charge is -2.13. The zero-order valence-electron chi connectivity index (χ0n) is 9.40. The predicted molar refractivity (Wildman–Crippen MR) is 65.7 cm³/mol. The van der Waals surface area contributed by atoms with E-state index in [0.29, 0.717) is 23.4 Å². The van der Waals surface area contributed by atoms with Crippen molar-refractivity contribution in [2.75, 3.05) is 6.54 Å². The average molecular weight is 239 g/mol. The Hall–Kier alpha value is -1.06. The van der Waals surface area contributed by atoms with E-state index in [1.807, 2.05) is 12.1 Å². The highest BCUT2D eigenvalue weighted by atomic mass is 35.5. The molecule has 1 unspecified atom stereocenters. The van der Waals surface area contributed by atoms with E-state index >= 15 is 0 Å². The number of hydrogen-bond acceptors (Lipinski definition) is 3. The molecular formula is C12H15ClN2O. The quantitative estimate of drug-likeness (QED) is 0.894. The van der Waals surface area contributed by atoms with E-state index in [4.69, 9.17) is 21.8 Å². The number of fused-ring (bicyclic) bond motifs is 1. The van der Waals surface area contributed by atoms with Gasteiger partial charge >= 0.3 is 0 Å². The van der Waals surface area contributed by atoms with Gasteiger partial charge in [-0.2, -0.15) is 0 Å². The molecule has 16 heavy (non-hydrogen) atoms. The maximum atomic E-state index is 5.89. The molecule has 0 amide bonds. The van der Waals surface area contributed by atoms with Crippen molar-refractivity contribution in [1.29, 1.82) is 0 Å². The lowest BCUT2D eigenvalue weighted by Crippen LogP contribution is -2.17. The van der Waals surface area contributed by atoms with Gasteiger partial charge in [-0.3, -0.25) is 0 Å². The van der Waals surface area contributed by atoms with Crippen molar-refractivity contribution in [1.82, 2.24) is 4.98 Å². The molecule has 2 N–H and O–H groups in total. The molecule has 0 aliphatic carbocycles. The van der Waals surface area contributed by atoms with Crippen LogP contribution in [0.4, 0.5) is 0 Å². The third-order valence-corrected chi connectivity index (χ3v) is 2.98. The largest absolute Gasteiger partial charge is 0.440 e. The van der Waals surface area contributed by atoms with Gasteiger partial charge in [-0.25, -0.2) is 4.98 Å². The van der Waals surface area contributed by atoms with E-state index < -0.39 is 0 Å². The summed E-state index contributed by atoms with van der Waals surface area (Å²) in [5.41, 5.74) is 7.29. The number of aromatic nitrogens is 1.